The van der Waals surface area contributed by atoms with Crippen LogP contribution in [0.25, 0.3) is 0 Å². The Morgan fingerprint density at radius 2 is 1.79 bits per heavy atom. The molecule has 0 aromatic heterocycles. The van der Waals surface area contributed by atoms with E-state index in [9.17, 15) is 10.1 Å². The Labute approximate surface area is 143 Å². The first-order valence-corrected chi connectivity index (χ1v) is 8.90. The van der Waals surface area contributed by atoms with E-state index in [0.717, 1.165) is 37.5 Å². The van der Waals surface area contributed by atoms with Crippen LogP contribution in [0.1, 0.15) is 32.6 Å². The summed E-state index contributed by atoms with van der Waals surface area (Å²) in [5.41, 5.74) is 1.04. The quantitative estimate of drug-likeness (QED) is 0.625. The van der Waals surface area contributed by atoms with Crippen molar-refractivity contribution in [2.24, 2.45) is 5.92 Å². The second kappa shape index (κ2) is 7.38. The maximum Gasteiger partial charge on any atom is 0.311 e. The molecule has 2 heterocycles. The number of hydrogen-bond acceptors (Lipinski definition) is 5. The predicted molar refractivity (Wildman–Crippen MR) is 94.9 cm³/mol. The minimum absolute atomic E-state index is 0.0265. The summed E-state index contributed by atoms with van der Waals surface area (Å²) < 4.78 is 5.19. The van der Waals surface area contributed by atoms with Gasteiger partial charge in [0.2, 0.25) is 0 Å². The lowest BCUT2D eigenvalue weighted by molar-refractivity contribution is -0.385. The maximum atomic E-state index is 11.0. The molecule has 1 aromatic carbocycles. The van der Waals surface area contributed by atoms with Gasteiger partial charge in [-0.15, -0.1) is 0 Å². The second-order valence-corrected chi connectivity index (χ2v) is 7.05. The molecule has 0 atom stereocenters. The first-order valence-electron chi connectivity index (χ1n) is 8.90. The van der Waals surface area contributed by atoms with Crippen LogP contribution in [-0.2, 0) is 0 Å². The van der Waals surface area contributed by atoms with Gasteiger partial charge < -0.3 is 14.5 Å². The number of methoxy groups -OCH3 is 1. The zero-order valence-electron chi connectivity index (χ0n) is 14.6. The molecule has 0 spiro atoms. The molecule has 2 fully saturated rings. The van der Waals surface area contributed by atoms with Gasteiger partial charge >= 0.3 is 5.69 Å². The highest BCUT2D eigenvalue weighted by molar-refractivity contribution is 5.59. The molecule has 1 aromatic rings. The largest absolute Gasteiger partial charge is 0.490 e. The van der Waals surface area contributed by atoms with Crippen LogP contribution in [0.5, 0.6) is 5.75 Å². The molecule has 2 aliphatic rings. The predicted octanol–water partition coefficient (Wildman–Crippen LogP) is 3.30. The molecule has 0 unspecified atom stereocenters. The zero-order valence-corrected chi connectivity index (χ0v) is 14.6. The zero-order chi connectivity index (χ0) is 17.1. The van der Waals surface area contributed by atoms with E-state index in [-0.39, 0.29) is 5.69 Å². The van der Waals surface area contributed by atoms with Gasteiger partial charge in [0.05, 0.1) is 12.0 Å². The topological polar surface area (TPSA) is 58.8 Å². The molecule has 3 rings (SSSR count). The summed E-state index contributed by atoms with van der Waals surface area (Å²) in [7, 11) is 1.48. The number of nitro groups is 1. The summed E-state index contributed by atoms with van der Waals surface area (Å²) in [5, 5.41) is 11.0. The molecule has 6 nitrogen and oxygen atoms in total. The Balaban J connectivity index is 1.61. The van der Waals surface area contributed by atoms with Crippen molar-refractivity contribution in [2.75, 3.05) is 38.2 Å². The lowest BCUT2D eigenvalue weighted by Crippen LogP contribution is -2.47. The van der Waals surface area contributed by atoms with Crippen LogP contribution in [0.15, 0.2) is 18.2 Å². The number of anilines is 1. The third kappa shape index (κ3) is 3.64. The molecule has 0 bridgehead atoms. The molecule has 132 valence electrons. The molecular weight excluding hydrogens is 306 g/mol. The lowest BCUT2D eigenvalue weighted by Gasteiger charge is -2.42. The van der Waals surface area contributed by atoms with E-state index < -0.39 is 4.92 Å². The van der Waals surface area contributed by atoms with E-state index in [1.807, 2.05) is 6.07 Å². The highest BCUT2D eigenvalue weighted by atomic mass is 16.6. The third-order valence-corrected chi connectivity index (χ3v) is 5.52. The Morgan fingerprint density at radius 3 is 2.38 bits per heavy atom. The minimum atomic E-state index is -0.397. The van der Waals surface area contributed by atoms with Gasteiger partial charge in [0.25, 0.3) is 0 Å². The molecule has 24 heavy (non-hydrogen) atoms. The summed E-state index contributed by atoms with van der Waals surface area (Å²) in [6.07, 6.45) is 4.96. The average Bonchev–Trinajstić information content (AvgIpc) is 2.62. The molecule has 0 amide bonds. The van der Waals surface area contributed by atoms with E-state index in [0.29, 0.717) is 11.8 Å². The third-order valence-electron chi connectivity index (χ3n) is 5.52. The Bertz CT molecular complexity index is 577. The van der Waals surface area contributed by atoms with Crippen LogP contribution in [0.3, 0.4) is 0 Å². The van der Waals surface area contributed by atoms with Gasteiger partial charge in [-0.2, -0.15) is 0 Å². The van der Waals surface area contributed by atoms with Gasteiger partial charge in [-0.3, -0.25) is 10.1 Å². The monoisotopic (exact) mass is 333 g/mol. The van der Waals surface area contributed by atoms with Crippen molar-refractivity contribution in [1.82, 2.24) is 4.90 Å². The smallest absolute Gasteiger partial charge is 0.311 e. The van der Waals surface area contributed by atoms with Gasteiger partial charge in [0, 0.05) is 37.0 Å². The first kappa shape index (κ1) is 17.0. The number of benzene rings is 1. The standard InChI is InChI=1S/C18H27N3O3/c1-14-5-9-19(10-6-14)15-7-11-20(12-8-15)16-3-4-17(21(22)23)18(13-16)24-2/h3-4,13-15H,5-12H2,1-2H3. The molecule has 0 radical (unpaired) electrons. The van der Waals surface area contributed by atoms with E-state index in [4.69, 9.17) is 4.74 Å². The number of ether oxygens (including phenoxy) is 1. The molecule has 0 N–H and O–H groups in total. The molecule has 2 aliphatic heterocycles. The molecule has 0 aliphatic carbocycles. The SMILES string of the molecule is COc1cc(N2CCC(N3CCC(C)CC3)CC2)ccc1[N+](=O)[O-]. The van der Waals surface area contributed by atoms with Gasteiger partial charge in [-0.05, 0) is 50.8 Å². The minimum Gasteiger partial charge on any atom is -0.490 e. The van der Waals surface area contributed by atoms with Gasteiger partial charge in [-0.1, -0.05) is 6.92 Å². The number of rotatable bonds is 4. The van der Waals surface area contributed by atoms with Crippen LogP contribution in [0, 0.1) is 16.0 Å². The average molecular weight is 333 g/mol. The van der Waals surface area contributed by atoms with Crippen molar-refractivity contribution in [3.63, 3.8) is 0 Å². The summed E-state index contributed by atoms with van der Waals surface area (Å²) in [5.74, 6) is 1.21. The number of nitrogens with zero attached hydrogens (tertiary/aromatic N) is 3. The van der Waals surface area contributed by atoms with Crippen molar-refractivity contribution >= 4 is 11.4 Å². The van der Waals surface area contributed by atoms with Crippen molar-refractivity contribution in [1.29, 1.82) is 0 Å². The van der Waals surface area contributed by atoms with Crippen molar-refractivity contribution in [3.05, 3.63) is 28.3 Å². The summed E-state index contributed by atoms with van der Waals surface area (Å²) in [6.45, 7) is 6.81. The second-order valence-electron chi connectivity index (χ2n) is 7.05. The van der Waals surface area contributed by atoms with Crippen molar-refractivity contribution in [3.8, 4) is 5.75 Å². The highest BCUT2D eigenvalue weighted by Crippen LogP contribution is 2.33. The van der Waals surface area contributed by atoms with E-state index in [1.54, 1.807) is 12.1 Å². The molecule has 0 saturated carbocycles. The van der Waals surface area contributed by atoms with Crippen LogP contribution in [-0.4, -0.2) is 49.2 Å². The lowest BCUT2D eigenvalue weighted by atomic mass is 9.95. The van der Waals surface area contributed by atoms with Crippen LogP contribution < -0.4 is 9.64 Å². The van der Waals surface area contributed by atoms with Crippen LogP contribution in [0.4, 0.5) is 11.4 Å². The van der Waals surface area contributed by atoms with E-state index >= 15 is 0 Å². The van der Waals surface area contributed by atoms with E-state index in [1.165, 1.54) is 33.0 Å². The fourth-order valence-electron chi connectivity index (χ4n) is 3.90. The van der Waals surface area contributed by atoms with Crippen molar-refractivity contribution < 1.29 is 9.66 Å². The summed E-state index contributed by atoms with van der Waals surface area (Å²) in [6, 6.07) is 5.87. The summed E-state index contributed by atoms with van der Waals surface area (Å²) >= 11 is 0. The molecule has 2 saturated heterocycles. The Kier molecular flexibility index (Phi) is 5.23. The van der Waals surface area contributed by atoms with Gasteiger partial charge in [-0.25, -0.2) is 0 Å². The Hall–Kier alpha value is -1.82. The summed E-state index contributed by atoms with van der Waals surface area (Å²) in [4.78, 5) is 15.6. The number of hydrogen-bond donors (Lipinski definition) is 0. The number of piperidine rings is 2. The highest BCUT2D eigenvalue weighted by Gasteiger charge is 2.27. The van der Waals surface area contributed by atoms with Gasteiger partial charge in [0.1, 0.15) is 0 Å². The van der Waals surface area contributed by atoms with Crippen LogP contribution in [0.2, 0.25) is 0 Å². The van der Waals surface area contributed by atoms with Gasteiger partial charge in [0.15, 0.2) is 5.75 Å². The number of likely N-dealkylation sites (tertiary alicyclic amines) is 1. The Morgan fingerprint density at radius 1 is 1.12 bits per heavy atom. The molecule has 6 heteroatoms. The number of nitro benzene ring substituents is 1. The van der Waals surface area contributed by atoms with Crippen molar-refractivity contribution in [2.45, 2.75) is 38.6 Å². The van der Waals surface area contributed by atoms with E-state index in [2.05, 4.69) is 16.7 Å². The van der Waals surface area contributed by atoms with Crippen LogP contribution >= 0.6 is 0 Å². The fraction of sp³-hybridized carbons (Fsp3) is 0.667. The maximum absolute atomic E-state index is 11.0. The normalized spacial score (nSPS) is 21.0. The first-order chi connectivity index (χ1) is 11.6. The molecular formula is C18H27N3O3. The fourth-order valence-corrected chi connectivity index (χ4v) is 3.90.